The van der Waals surface area contributed by atoms with Gasteiger partial charge in [0.05, 0.1) is 6.07 Å². The normalized spacial score (nSPS) is 14.5. The molecule has 15 heavy (non-hydrogen) atoms. The van der Waals surface area contributed by atoms with E-state index in [4.69, 9.17) is 5.26 Å². The molecule has 0 saturated heterocycles. The molecule has 2 nitrogen and oxygen atoms in total. The van der Waals surface area contributed by atoms with Gasteiger partial charge in [-0.2, -0.15) is 17.0 Å². The summed E-state index contributed by atoms with van der Waals surface area (Å²) in [6, 6.07) is 2.32. The van der Waals surface area contributed by atoms with Crippen LogP contribution in [0.2, 0.25) is 0 Å². The summed E-state index contributed by atoms with van der Waals surface area (Å²) in [5.74, 6) is 2.53. The van der Waals surface area contributed by atoms with Crippen molar-refractivity contribution in [3.63, 3.8) is 0 Å². The Bertz CT molecular complexity index is 189. The van der Waals surface area contributed by atoms with Crippen molar-refractivity contribution < 1.29 is 0 Å². The first-order valence-electron chi connectivity index (χ1n) is 5.86. The molecule has 0 radical (unpaired) electrons. The lowest BCUT2D eigenvalue weighted by Gasteiger charge is -2.20. The Morgan fingerprint density at radius 3 is 2.47 bits per heavy atom. The smallest absolute Gasteiger partial charge is 0.103 e. The highest BCUT2D eigenvalue weighted by atomic mass is 32.2. The van der Waals surface area contributed by atoms with Gasteiger partial charge in [0, 0.05) is 0 Å². The monoisotopic (exact) mass is 228 g/mol. The lowest BCUT2D eigenvalue weighted by molar-refractivity contribution is 0.439. The van der Waals surface area contributed by atoms with Crippen molar-refractivity contribution in [3.05, 3.63) is 0 Å². The van der Waals surface area contributed by atoms with Gasteiger partial charge in [-0.3, -0.25) is 0 Å². The van der Waals surface area contributed by atoms with Gasteiger partial charge in [0.1, 0.15) is 5.54 Å². The summed E-state index contributed by atoms with van der Waals surface area (Å²) in [5, 5.41) is 12.0. The van der Waals surface area contributed by atoms with Crippen LogP contribution in [0.4, 0.5) is 0 Å². The van der Waals surface area contributed by atoms with Crippen molar-refractivity contribution in [1.82, 2.24) is 5.32 Å². The van der Waals surface area contributed by atoms with E-state index in [1.165, 1.54) is 30.8 Å². The summed E-state index contributed by atoms with van der Waals surface area (Å²) >= 11 is 2.04. The fourth-order valence-electron chi connectivity index (χ4n) is 1.27. The van der Waals surface area contributed by atoms with Crippen LogP contribution in [0.25, 0.3) is 0 Å². The van der Waals surface area contributed by atoms with E-state index in [0.717, 1.165) is 12.8 Å². The lowest BCUT2D eigenvalue weighted by atomic mass is 9.97. The van der Waals surface area contributed by atoms with Crippen LogP contribution in [0, 0.1) is 11.3 Å². The Kier molecular flexibility index (Phi) is 8.94. The van der Waals surface area contributed by atoms with Crippen LogP contribution in [0.3, 0.4) is 0 Å². The van der Waals surface area contributed by atoms with Crippen LogP contribution >= 0.6 is 11.8 Å². The van der Waals surface area contributed by atoms with Gasteiger partial charge in [-0.1, -0.05) is 13.3 Å². The van der Waals surface area contributed by atoms with Crippen LogP contribution < -0.4 is 5.32 Å². The molecule has 0 aromatic rings. The van der Waals surface area contributed by atoms with Gasteiger partial charge in [-0.25, -0.2) is 0 Å². The molecule has 3 heteroatoms. The van der Waals surface area contributed by atoms with E-state index in [0.29, 0.717) is 0 Å². The minimum absolute atomic E-state index is 0.325. The average molecular weight is 228 g/mol. The summed E-state index contributed by atoms with van der Waals surface area (Å²) in [4.78, 5) is 0. The Hall–Kier alpha value is -0.200. The summed E-state index contributed by atoms with van der Waals surface area (Å²) < 4.78 is 0. The molecule has 0 rings (SSSR count). The Morgan fingerprint density at radius 2 is 1.93 bits per heavy atom. The average Bonchev–Trinajstić information content (AvgIpc) is 2.27. The molecule has 1 unspecified atom stereocenters. The van der Waals surface area contributed by atoms with Gasteiger partial charge >= 0.3 is 0 Å². The number of hydrogen-bond donors (Lipinski definition) is 1. The maximum absolute atomic E-state index is 8.94. The van der Waals surface area contributed by atoms with Gasteiger partial charge in [0.15, 0.2) is 0 Å². The molecule has 0 aliphatic heterocycles. The zero-order chi connectivity index (χ0) is 11.6. The number of nitriles is 1. The zero-order valence-corrected chi connectivity index (χ0v) is 11.1. The second kappa shape index (κ2) is 9.06. The summed E-state index contributed by atoms with van der Waals surface area (Å²) in [7, 11) is 1.86. The van der Waals surface area contributed by atoms with E-state index in [9.17, 15) is 0 Å². The maximum atomic E-state index is 8.94. The molecule has 0 bridgehead atoms. The van der Waals surface area contributed by atoms with Crippen molar-refractivity contribution in [3.8, 4) is 6.07 Å². The van der Waals surface area contributed by atoms with E-state index in [-0.39, 0.29) is 5.54 Å². The Labute approximate surface area is 98.8 Å². The second-order valence-corrected chi connectivity index (χ2v) is 5.34. The largest absolute Gasteiger partial charge is 0.303 e. The van der Waals surface area contributed by atoms with Crippen molar-refractivity contribution in [2.45, 2.75) is 51.5 Å². The number of nitrogens with zero attached hydrogens (tertiary/aromatic N) is 1. The molecule has 0 amide bonds. The van der Waals surface area contributed by atoms with Gasteiger partial charge in [-0.05, 0) is 51.2 Å². The van der Waals surface area contributed by atoms with Crippen LogP contribution in [0.15, 0.2) is 0 Å². The third kappa shape index (κ3) is 7.70. The van der Waals surface area contributed by atoms with E-state index in [2.05, 4.69) is 18.3 Å². The fraction of sp³-hybridized carbons (Fsp3) is 0.917. The Balaban J connectivity index is 3.35. The second-order valence-electron chi connectivity index (χ2n) is 4.12. The van der Waals surface area contributed by atoms with Crippen molar-refractivity contribution in [2.75, 3.05) is 18.6 Å². The van der Waals surface area contributed by atoms with Crippen molar-refractivity contribution >= 4 is 11.8 Å². The first-order chi connectivity index (χ1) is 7.18. The molecule has 88 valence electrons. The standard InChI is InChI=1S/C12H24N2S/c1-4-5-9-15-10-7-6-8-12(2,11-13)14-3/h14H,4-10H2,1-3H3. The molecule has 0 fully saturated rings. The number of nitrogens with one attached hydrogen (secondary N) is 1. The molecule has 0 aromatic heterocycles. The number of rotatable bonds is 9. The van der Waals surface area contributed by atoms with Crippen LogP contribution in [-0.4, -0.2) is 24.1 Å². The molecule has 0 saturated carbocycles. The minimum Gasteiger partial charge on any atom is -0.303 e. The number of unbranched alkanes of at least 4 members (excludes halogenated alkanes) is 2. The number of thioether (sulfide) groups is 1. The third-order valence-electron chi connectivity index (χ3n) is 2.66. The van der Waals surface area contributed by atoms with Crippen molar-refractivity contribution in [2.24, 2.45) is 0 Å². The quantitative estimate of drug-likeness (QED) is 0.616. The summed E-state index contributed by atoms with van der Waals surface area (Å²) in [6.07, 6.45) is 5.95. The molecule has 0 spiro atoms. The van der Waals surface area contributed by atoms with Gasteiger partial charge in [0.25, 0.3) is 0 Å². The third-order valence-corrected chi connectivity index (χ3v) is 3.81. The topological polar surface area (TPSA) is 35.8 Å². The first kappa shape index (κ1) is 14.8. The van der Waals surface area contributed by atoms with E-state index in [1.54, 1.807) is 0 Å². The zero-order valence-electron chi connectivity index (χ0n) is 10.3. The summed E-state index contributed by atoms with van der Waals surface area (Å²) in [5.41, 5.74) is -0.325. The highest BCUT2D eigenvalue weighted by Crippen LogP contribution is 2.14. The van der Waals surface area contributed by atoms with Gasteiger partial charge in [0.2, 0.25) is 0 Å². The van der Waals surface area contributed by atoms with Crippen LogP contribution in [-0.2, 0) is 0 Å². The predicted octanol–water partition coefficient (Wildman–Crippen LogP) is 3.19. The molecule has 1 atom stereocenters. The van der Waals surface area contributed by atoms with Gasteiger partial charge < -0.3 is 5.32 Å². The van der Waals surface area contributed by atoms with Crippen LogP contribution in [0.1, 0.15) is 46.0 Å². The molecule has 0 heterocycles. The summed E-state index contributed by atoms with van der Waals surface area (Å²) in [6.45, 7) is 4.20. The SMILES string of the molecule is CCCCSCCCCC(C)(C#N)NC. The van der Waals surface area contributed by atoms with Gasteiger partial charge in [-0.15, -0.1) is 0 Å². The predicted molar refractivity (Wildman–Crippen MR) is 69.2 cm³/mol. The molecule has 0 aliphatic carbocycles. The maximum Gasteiger partial charge on any atom is 0.103 e. The molecule has 1 N–H and O–H groups in total. The fourth-order valence-corrected chi connectivity index (χ4v) is 2.37. The number of hydrogen-bond acceptors (Lipinski definition) is 3. The molecule has 0 aromatic carbocycles. The van der Waals surface area contributed by atoms with Crippen LogP contribution in [0.5, 0.6) is 0 Å². The first-order valence-corrected chi connectivity index (χ1v) is 7.02. The van der Waals surface area contributed by atoms with E-state index >= 15 is 0 Å². The molecular weight excluding hydrogens is 204 g/mol. The van der Waals surface area contributed by atoms with E-state index < -0.39 is 0 Å². The minimum atomic E-state index is -0.325. The molecule has 0 aliphatic rings. The lowest BCUT2D eigenvalue weighted by Crippen LogP contribution is -2.37. The van der Waals surface area contributed by atoms with E-state index in [1.807, 2.05) is 25.7 Å². The molecular formula is C12H24N2S. The van der Waals surface area contributed by atoms with Crippen molar-refractivity contribution in [1.29, 1.82) is 5.26 Å². The highest BCUT2D eigenvalue weighted by molar-refractivity contribution is 7.99. The highest BCUT2D eigenvalue weighted by Gasteiger charge is 2.19. The Morgan fingerprint density at radius 1 is 1.27 bits per heavy atom.